The maximum Gasteiger partial charge on any atom is 0.191 e. The van der Waals surface area contributed by atoms with Gasteiger partial charge < -0.3 is 10.6 Å². The summed E-state index contributed by atoms with van der Waals surface area (Å²) in [7, 11) is 0. The number of guanidine groups is 1. The fourth-order valence-electron chi connectivity index (χ4n) is 3.08. The number of fused-ring (bicyclic) bond motifs is 1. The summed E-state index contributed by atoms with van der Waals surface area (Å²) >= 11 is 6.12. The van der Waals surface area contributed by atoms with E-state index in [-0.39, 0.29) is 5.41 Å². The number of pyridine rings is 1. The van der Waals surface area contributed by atoms with Crippen LogP contribution >= 0.6 is 11.6 Å². The van der Waals surface area contributed by atoms with Crippen LogP contribution in [0, 0.1) is 5.41 Å². The van der Waals surface area contributed by atoms with Crippen molar-refractivity contribution in [1.29, 1.82) is 0 Å². The molecular weight excluding hydrogens is 372 g/mol. The normalized spacial score (nSPS) is 12.4. The fraction of sp³-hybridized carbons (Fsp3) is 0.381. The third-order valence-electron chi connectivity index (χ3n) is 4.41. The van der Waals surface area contributed by atoms with Crippen LogP contribution in [0.3, 0.4) is 0 Å². The second-order valence-electron chi connectivity index (χ2n) is 7.56. The summed E-state index contributed by atoms with van der Waals surface area (Å²) in [5.41, 5.74) is 2.10. The SMILES string of the molecule is CCNC(=NCc1nnc2ccccn12)NCC(C)(C)Cc1cccc(Cl)c1. The fourth-order valence-corrected chi connectivity index (χ4v) is 3.29. The maximum absolute atomic E-state index is 6.12. The first-order chi connectivity index (χ1) is 13.5. The quantitative estimate of drug-likeness (QED) is 0.470. The van der Waals surface area contributed by atoms with E-state index < -0.39 is 0 Å². The minimum Gasteiger partial charge on any atom is -0.357 e. The summed E-state index contributed by atoms with van der Waals surface area (Å²) < 4.78 is 1.95. The van der Waals surface area contributed by atoms with Crippen molar-refractivity contribution in [3.8, 4) is 0 Å². The van der Waals surface area contributed by atoms with Crippen molar-refractivity contribution in [2.75, 3.05) is 13.1 Å². The van der Waals surface area contributed by atoms with Crippen molar-refractivity contribution in [3.05, 3.63) is 65.1 Å². The van der Waals surface area contributed by atoms with E-state index in [1.165, 1.54) is 5.56 Å². The van der Waals surface area contributed by atoms with Gasteiger partial charge in [0.1, 0.15) is 6.54 Å². The molecule has 3 rings (SSSR count). The Balaban J connectivity index is 1.64. The molecule has 2 N–H and O–H groups in total. The lowest BCUT2D eigenvalue weighted by Crippen LogP contribution is -2.42. The summed E-state index contributed by atoms with van der Waals surface area (Å²) in [6.07, 6.45) is 2.88. The topological polar surface area (TPSA) is 66.6 Å². The van der Waals surface area contributed by atoms with Gasteiger partial charge in [0, 0.05) is 24.3 Å². The van der Waals surface area contributed by atoms with Crippen LogP contribution in [0.5, 0.6) is 0 Å². The molecule has 3 aromatic rings. The lowest BCUT2D eigenvalue weighted by molar-refractivity contribution is 0.359. The highest BCUT2D eigenvalue weighted by Gasteiger charge is 2.19. The van der Waals surface area contributed by atoms with Gasteiger partial charge in [-0.3, -0.25) is 4.40 Å². The Hall–Kier alpha value is -2.60. The minimum atomic E-state index is 0.0441. The van der Waals surface area contributed by atoms with Gasteiger partial charge in [0.25, 0.3) is 0 Å². The molecule has 0 spiro atoms. The molecule has 6 nitrogen and oxygen atoms in total. The molecule has 2 heterocycles. The van der Waals surface area contributed by atoms with Crippen molar-refractivity contribution < 1.29 is 0 Å². The van der Waals surface area contributed by atoms with E-state index >= 15 is 0 Å². The van der Waals surface area contributed by atoms with Crippen LogP contribution in [0.25, 0.3) is 5.65 Å². The Morgan fingerprint density at radius 3 is 2.79 bits per heavy atom. The minimum absolute atomic E-state index is 0.0441. The van der Waals surface area contributed by atoms with E-state index in [9.17, 15) is 0 Å². The Bertz CT molecular complexity index is 947. The van der Waals surface area contributed by atoms with Gasteiger partial charge in [0.15, 0.2) is 17.4 Å². The van der Waals surface area contributed by atoms with Gasteiger partial charge in [0.2, 0.25) is 0 Å². The zero-order valence-electron chi connectivity index (χ0n) is 16.6. The lowest BCUT2D eigenvalue weighted by atomic mass is 9.86. The largest absolute Gasteiger partial charge is 0.357 e. The number of nitrogens with zero attached hydrogens (tertiary/aromatic N) is 4. The molecule has 0 atom stereocenters. The molecule has 0 saturated heterocycles. The predicted molar refractivity (Wildman–Crippen MR) is 115 cm³/mol. The zero-order chi connectivity index (χ0) is 20.0. The molecule has 2 aromatic heterocycles. The van der Waals surface area contributed by atoms with E-state index in [1.54, 1.807) is 0 Å². The maximum atomic E-state index is 6.12. The first-order valence-corrected chi connectivity index (χ1v) is 9.90. The third-order valence-corrected chi connectivity index (χ3v) is 4.65. The smallest absolute Gasteiger partial charge is 0.191 e. The van der Waals surface area contributed by atoms with Crippen molar-refractivity contribution in [2.24, 2.45) is 10.4 Å². The van der Waals surface area contributed by atoms with Crippen LogP contribution in [0.1, 0.15) is 32.2 Å². The Kier molecular flexibility index (Phi) is 6.52. The Morgan fingerprint density at radius 2 is 2.00 bits per heavy atom. The first-order valence-electron chi connectivity index (χ1n) is 9.52. The summed E-state index contributed by atoms with van der Waals surface area (Å²) in [5, 5.41) is 15.9. The molecule has 0 bridgehead atoms. The number of hydrogen-bond donors (Lipinski definition) is 2. The number of benzene rings is 1. The highest BCUT2D eigenvalue weighted by atomic mass is 35.5. The molecule has 1 aromatic carbocycles. The Labute approximate surface area is 171 Å². The highest BCUT2D eigenvalue weighted by molar-refractivity contribution is 6.30. The highest BCUT2D eigenvalue weighted by Crippen LogP contribution is 2.22. The molecule has 0 fully saturated rings. The molecule has 0 aliphatic heterocycles. The molecule has 0 unspecified atom stereocenters. The summed E-state index contributed by atoms with van der Waals surface area (Å²) in [6, 6.07) is 13.9. The van der Waals surface area contributed by atoms with Crippen molar-refractivity contribution in [1.82, 2.24) is 25.2 Å². The van der Waals surface area contributed by atoms with Crippen LogP contribution in [0.15, 0.2) is 53.7 Å². The molecule has 0 saturated carbocycles. The van der Waals surface area contributed by atoms with E-state index in [0.717, 1.165) is 42.0 Å². The van der Waals surface area contributed by atoms with Crippen LogP contribution in [0.4, 0.5) is 0 Å². The van der Waals surface area contributed by atoms with E-state index in [4.69, 9.17) is 11.6 Å². The van der Waals surface area contributed by atoms with Gasteiger partial charge in [-0.25, -0.2) is 4.99 Å². The molecule has 7 heteroatoms. The van der Waals surface area contributed by atoms with Gasteiger partial charge in [0.05, 0.1) is 0 Å². The van der Waals surface area contributed by atoms with Gasteiger partial charge in [-0.2, -0.15) is 0 Å². The molecule has 0 aliphatic rings. The Morgan fingerprint density at radius 1 is 1.14 bits per heavy atom. The van der Waals surface area contributed by atoms with Gasteiger partial charge in [-0.05, 0) is 48.6 Å². The summed E-state index contributed by atoms with van der Waals surface area (Å²) in [4.78, 5) is 4.68. The standard InChI is InChI=1S/C21H27ClN6/c1-4-23-20(24-14-19-27-26-18-10-5-6-11-28(18)19)25-15-21(2,3)13-16-8-7-9-17(22)12-16/h5-12H,4,13-15H2,1-3H3,(H2,23,24,25). The number of hydrogen-bond acceptors (Lipinski definition) is 3. The average Bonchev–Trinajstić information content (AvgIpc) is 3.07. The monoisotopic (exact) mass is 398 g/mol. The second-order valence-corrected chi connectivity index (χ2v) is 8.00. The van der Waals surface area contributed by atoms with Crippen LogP contribution in [-0.2, 0) is 13.0 Å². The second kappa shape index (κ2) is 9.06. The van der Waals surface area contributed by atoms with E-state index in [0.29, 0.717) is 6.54 Å². The van der Waals surface area contributed by atoms with Gasteiger partial charge in [-0.15, -0.1) is 10.2 Å². The third kappa shape index (κ3) is 5.45. The number of halogens is 1. The van der Waals surface area contributed by atoms with Crippen molar-refractivity contribution in [2.45, 2.75) is 33.7 Å². The number of aliphatic imine (C=N–C) groups is 1. The molecular formula is C21H27ClN6. The molecule has 148 valence electrons. The number of nitrogens with one attached hydrogen (secondary N) is 2. The van der Waals surface area contributed by atoms with Gasteiger partial charge >= 0.3 is 0 Å². The van der Waals surface area contributed by atoms with Crippen LogP contribution in [0.2, 0.25) is 5.02 Å². The summed E-state index contributed by atoms with van der Waals surface area (Å²) in [5.74, 6) is 1.58. The predicted octanol–water partition coefficient (Wildman–Crippen LogP) is 3.71. The molecule has 0 radical (unpaired) electrons. The van der Waals surface area contributed by atoms with Crippen molar-refractivity contribution >= 4 is 23.2 Å². The number of aromatic nitrogens is 3. The van der Waals surface area contributed by atoms with E-state index in [1.807, 2.05) is 47.0 Å². The lowest BCUT2D eigenvalue weighted by Gasteiger charge is -2.26. The zero-order valence-corrected chi connectivity index (χ0v) is 17.4. The van der Waals surface area contributed by atoms with Gasteiger partial charge in [-0.1, -0.05) is 43.6 Å². The molecule has 28 heavy (non-hydrogen) atoms. The van der Waals surface area contributed by atoms with Crippen molar-refractivity contribution in [3.63, 3.8) is 0 Å². The molecule has 0 aliphatic carbocycles. The van der Waals surface area contributed by atoms with E-state index in [2.05, 4.69) is 52.7 Å². The number of rotatable bonds is 7. The van der Waals surface area contributed by atoms with Crippen LogP contribution in [-0.4, -0.2) is 33.6 Å². The average molecular weight is 399 g/mol. The summed E-state index contributed by atoms with van der Waals surface area (Å²) in [6.45, 7) is 8.55. The molecule has 0 amide bonds. The first kappa shape index (κ1) is 20.1. The van der Waals surface area contributed by atoms with Crippen LogP contribution < -0.4 is 10.6 Å².